The topological polar surface area (TPSA) is 65.3 Å². The molecule has 0 aliphatic rings. The lowest BCUT2D eigenvalue weighted by Gasteiger charge is -2.11. The van der Waals surface area contributed by atoms with Crippen molar-refractivity contribution in [2.45, 2.75) is 26.4 Å². The van der Waals surface area contributed by atoms with Gasteiger partial charge in [-0.05, 0) is 6.92 Å². The average Bonchev–Trinajstić information content (AvgIpc) is 2.42. The maximum Gasteiger partial charge on any atom is 0.329 e. The van der Waals surface area contributed by atoms with Gasteiger partial charge in [0.25, 0.3) is 0 Å². The predicted octanol–water partition coefficient (Wildman–Crippen LogP) is 2.37. The van der Waals surface area contributed by atoms with Crippen LogP contribution in [0.3, 0.4) is 0 Å². The molecule has 1 rings (SSSR count). The van der Waals surface area contributed by atoms with Crippen LogP contribution in [0.4, 0.5) is 5.69 Å². The van der Waals surface area contributed by atoms with E-state index in [1.807, 2.05) is 0 Å². The summed E-state index contributed by atoms with van der Waals surface area (Å²) in [5.74, 6) is 0. The fraction of sp³-hybridized carbons (Fsp3) is 0.500. The van der Waals surface area contributed by atoms with Gasteiger partial charge in [0.2, 0.25) is 5.15 Å². The van der Waals surface area contributed by atoms with Gasteiger partial charge in [-0.2, -0.15) is 9.78 Å². The summed E-state index contributed by atoms with van der Waals surface area (Å²) < 4.78 is 1.16. The van der Waals surface area contributed by atoms with Gasteiger partial charge in [0.05, 0.1) is 4.92 Å². The van der Waals surface area contributed by atoms with Crippen molar-refractivity contribution in [1.82, 2.24) is 9.78 Å². The second-order valence-electron chi connectivity index (χ2n) is 3.50. The smallest absolute Gasteiger partial charge is 0.286 e. The lowest BCUT2D eigenvalue weighted by Crippen LogP contribution is -2.23. The van der Waals surface area contributed by atoms with Crippen LogP contribution in [-0.4, -0.2) is 14.7 Å². The van der Waals surface area contributed by atoms with Crippen LogP contribution in [0.1, 0.15) is 19.5 Å². The summed E-state index contributed by atoms with van der Waals surface area (Å²) in [5, 5.41) is 14.5. The third kappa shape index (κ3) is 1.78. The van der Waals surface area contributed by atoms with Gasteiger partial charge in [0.15, 0.2) is 0 Å². The van der Waals surface area contributed by atoms with Crippen LogP contribution in [0.15, 0.2) is 0 Å². The molecule has 0 atom stereocenters. The second-order valence-corrected chi connectivity index (χ2v) is 3.86. The van der Waals surface area contributed by atoms with Crippen LogP contribution in [0.5, 0.6) is 0 Å². The largest absolute Gasteiger partial charge is 0.329 e. The number of aryl methyl sites for hydroxylation is 1. The highest BCUT2D eigenvalue weighted by atomic mass is 35.5. The molecule has 0 unspecified atom stereocenters. The molecule has 1 aromatic rings. The molecule has 0 radical (unpaired) electrons. The Morgan fingerprint density at radius 1 is 1.67 bits per heavy atom. The third-order valence-electron chi connectivity index (χ3n) is 1.95. The highest BCUT2D eigenvalue weighted by molar-refractivity contribution is 6.31. The second kappa shape index (κ2) is 3.51. The summed E-state index contributed by atoms with van der Waals surface area (Å²) in [4.78, 5) is 13.4. The van der Waals surface area contributed by atoms with Crippen molar-refractivity contribution in [3.8, 4) is 0 Å². The molecule has 0 aliphatic carbocycles. The van der Waals surface area contributed by atoms with E-state index < -0.39 is 10.6 Å². The van der Waals surface area contributed by atoms with E-state index in [0.29, 0.717) is 0 Å². The molecule has 80 valence electrons. The minimum Gasteiger partial charge on any atom is -0.286 e. The summed E-state index contributed by atoms with van der Waals surface area (Å²) in [6, 6.07) is 0. The van der Waals surface area contributed by atoms with E-state index in [4.69, 9.17) is 18.2 Å². The number of hydrogen-bond donors (Lipinski definition) is 0. The summed E-state index contributed by atoms with van der Waals surface area (Å²) in [7, 11) is 0. The quantitative estimate of drug-likeness (QED) is 0.443. The highest BCUT2D eigenvalue weighted by Crippen LogP contribution is 2.32. The lowest BCUT2D eigenvalue weighted by molar-refractivity contribution is -0.385. The molecule has 0 aliphatic heterocycles. The zero-order chi connectivity index (χ0) is 11.8. The van der Waals surface area contributed by atoms with E-state index >= 15 is 0 Å². The van der Waals surface area contributed by atoms with Crippen LogP contribution in [0, 0.1) is 23.6 Å². The maximum absolute atomic E-state index is 10.7. The van der Waals surface area contributed by atoms with Gasteiger partial charge in [-0.3, -0.25) is 15.0 Å². The zero-order valence-corrected chi connectivity index (χ0v) is 9.24. The Hall–Kier alpha value is -1.61. The summed E-state index contributed by atoms with van der Waals surface area (Å²) >= 11 is 5.80. The average molecular weight is 229 g/mol. The molecule has 15 heavy (non-hydrogen) atoms. The van der Waals surface area contributed by atoms with Crippen LogP contribution < -0.4 is 0 Å². The van der Waals surface area contributed by atoms with Gasteiger partial charge in [0.1, 0.15) is 5.69 Å². The Morgan fingerprint density at radius 3 is 2.53 bits per heavy atom. The monoisotopic (exact) mass is 228 g/mol. The number of nitro groups is 1. The van der Waals surface area contributed by atoms with Crippen molar-refractivity contribution in [3.05, 3.63) is 32.4 Å². The molecule has 0 bridgehead atoms. The Morgan fingerprint density at radius 2 is 2.20 bits per heavy atom. The van der Waals surface area contributed by atoms with Crippen molar-refractivity contribution in [2.75, 3.05) is 0 Å². The van der Waals surface area contributed by atoms with Gasteiger partial charge in [0, 0.05) is 13.8 Å². The van der Waals surface area contributed by atoms with E-state index in [2.05, 4.69) is 9.94 Å². The van der Waals surface area contributed by atoms with Crippen molar-refractivity contribution in [3.63, 3.8) is 0 Å². The molecule has 0 saturated carbocycles. The summed E-state index contributed by atoms with van der Waals surface area (Å²) in [6.45, 7) is 11.6. The molecule has 1 heterocycles. The highest BCUT2D eigenvalue weighted by Gasteiger charge is 2.35. The maximum atomic E-state index is 10.7. The Kier molecular flexibility index (Phi) is 2.69. The van der Waals surface area contributed by atoms with Gasteiger partial charge in [-0.1, -0.05) is 11.6 Å². The molecular weight excluding hydrogens is 220 g/mol. The first-order valence-electron chi connectivity index (χ1n) is 4.10. The molecular formula is C8H9ClN4O2. The number of rotatable bonds is 2. The Bertz CT molecular complexity index is 458. The number of nitrogens with zero attached hydrogens (tertiary/aromatic N) is 4. The fourth-order valence-electron chi connectivity index (χ4n) is 1.11. The first-order valence-corrected chi connectivity index (χ1v) is 4.47. The molecule has 1 aromatic heterocycles. The van der Waals surface area contributed by atoms with Gasteiger partial charge in [-0.25, -0.2) is 6.57 Å². The number of aromatic nitrogens is 2. The predicted molar refractivity (Wildman–Crippen MR) is 54.6 cm³/mol. The molecule has 0 fully saturated rings. The standard InChI is InChI=1S/C8H9ClN4O2/c1-5-6(13(14)15)7(9)12(11-5)8(2,3)10-4/h1-3H3. The lowest BCUT2D eigenvalue weighted by atomic mass is 10.3. The van der Waals surface area contributed by atoms with Crippen molar-refractivity contribution < 1.29 is 4.92 Å². The molecule has 6 nitrogen and oxygen atoms in total. The molecule has 0 amide bonds. The van der Waals surface area contributed by atoms with Crippen molar-refractivity contribution in [1.29, 1.82) is 0 Å². The first-order chi connectivity index (χ1) is 6.81. The van der Waals surface area contributed by atoms with Gasteiger partial charge in [-0.15, -0.1) is 0 Å². The Balaban J connectivity index is 3.44. The summed E-state index contributed by atoms with van der Waals surface area (Å²) in [5.41, 5.74) is -1.05. The third-order valence-corrected chi connectivity index (χ3v) is 2.29. The SMILES string of the molecule is [C-]#[N+]C(C)(C)n1nc(C)c([N+](=O)[O-])c1Cl. The molecule has 0 spiro atoms. The number of hydrogen-bond acceptors (Lipinski definition) is 3. The van der Waals surface area contributed by atoms with E-state index in [1.165, 1.54) is 6.92 Å². The van der Waals surface area contributed by atoms with Crippen LogP contribution in [0.2, 0.25) is 5.15 Å². The minimum atomic E-state index is -1.02. The molecule has 0 N–H and O–H groups in total. The zero-order valence-electron chi connectivity index (χ0n) is 8.48. The fourth-order valence-corrected chi connectivity index (χ4v) is 1.56. The molecule has 0 aromatic carbocycles. The van der Waals surface area contributed by atoms with E-state index in [1.54, 1.807) is 13.8 Å². The van der Waals surface area contributed by atoms with E-state index in [9.17, 15) is 10.1 Å². The van der Waals surface area contributed by atoms with Crippen molar-refractivity contribution in [2.24, 2.45) is 0 Å². The van der Waals surface area contributed by atoms with Crippen molar-refractivity contribution >= 4 is 17.3 Å². The van der Waals surface area contributed by atoms with E-state index in [-0.39, 0.29) is 16.5 Å². The normalized spacial score (nSPS) is 11.1. The van der Waals surface area contributed by atoms with Crippen LogP contribution >= 0.6 is 11.6 Å². The van der Waals surface area contributed by atoms with Crippen LogP contribution in [0.25, 0.3) is 4.85 Å². The summed E-state index contributed by atoms with van der Waals surface area (Å²) in [6.07, 6.45) is 0. The van der Waals surface area contributed by atoms with E-state index in [0.717, 1.165) is 4.68 Å². The molecule has 7 heteroatoms. The van der Waals surface area contributed by atoms with Crippen LogP contribution in [-0.2, 0) is 5.66 Å². The minimum absolute atomic E-state index is 0.112. The number of halogens is 1. The van der Waals surface area contributed by atoms with Gasteiger partial charge >= 0.3 is 11.4 Å². The molecule has 0 saturated heterocycles. The van der Waals surface area contributed by atoms with Gasteiger partial charge < -0.3 is 0 Å². The Labute approximate surface area is 91.4 Å². The first kappa shape index (κ1) is 11.5.